The lowest BCUT2D eigenvalue weighted by atomic mass is 10.5. The molecule has 0 aliphatic carbocycles. The van der Waals surface area contributed by atoms with Gasteiger partial charge in [-0.2, -0.15) is 0 Å². The van der Waals surface area contributed by atoms with Crippen molar-refractivity contribution in [2.75, 3.05) is 6.54 Å². The first-order valence-electron chi connectivity index (χ1n) is 2.88. The van der Waals surface area contributed by atoms with Crippen LogP contribution in [0.5, 0.6) is 0 Å². The van der Waals surface area contributed by atoms with Crippen molar-refractivity contribution < 1.29 is 0 Å². The maximum atomic E-state index is 3.04. The Hall–Kier alpha value is -0.460. The van der Waals surface area contributed by atoms with Gasteiger partial charge in [0.1, 0.15) is 0 Å². The quantitative estimate of drug-likeness (QED) is 0.485. The molecule has 0 aromatic carbocycles. The third kappa shape index (κ3) is 3.37. The van der Waals surface area contributed by atoms with E-state index in [4.69, 9.17) is 0 Å². The monoisotopic (exact) mass is 99.1 g/mol. The zero-order chi connectivity index (χ0) is 5.54. The maximum Gasteiger partial charge on any atom is 0.0176 e. The molecule has 1 heteroatoms. The highest BCUT2D eigenvalue weighted by Crippen LogP contribution is 1.84. The highest BCUT2D eigenvalue weighted by atomic mass is 14.8. The summed E-state index contributed by atoms with van der Waals surface area (Å²) in [5, 5.41) is 3.04. The van der Waals surface area contributed by atoms with Crippen LogP contribution in [0.2, 0.25) is 0 Å². The molecule has 0 atom stereocenters. The minimum absolute atomic E-state index is 1.14. The van der Waals surface area contributed by atoms with E-state index in [0.29, 0.717) is 0 Å². The largest absolute Gasteiger partial charge is 0.391 e. The van der Waals surface area contributed by atoms with Gasteiger partial charge in [0.25, 0.3) is 0 Å². The normalized spacial score (nSPS) is 14.6. The molecule has 0 aromatic heterocycles. The molecule has 1 aliphatic heterocycles. The van der Waals surface area contributed by atoms with Gasteiger partial charge in [-0.1, -0.05) is 19.9 Å². The van der Waals surface area contributed by atoms with E-state index < -0.39 is 0 Å². The van der Waals surface area contributed by atoms with Gasteiger partial charge >= 0.3 is 0 Å². The summed E-state index contributed by atoms with van der Waals surface area (Å²) in [7, 11) is 0. The fourth-order valence-corrected chi connectivity index (χ4v) is 0.417. The van der Waals surface area contributed by atoms with Gasteiger partial charge in [0.05, 0.1) is 0 Å². The third-order valence-corrected chi connectivity index (χ3v) is 0.691. The molecule has 1 rings (SSSR count). The van der Waals surface area contributed by atoms with Gasteiger partial charge in [-0.3, -0.25) is 0 Å². The summed E-state index contributed by atoms with van der Waals surface area (Å²) in [5.41, 5.74) is 0. The first-order valence-corrected chi connectivity index (χ1v) is 2.88. The van der Waals surface area contributed by atoms with E-state index in [0.717, 1.165) is 6.54 Å². The first kappa shape index (κ1) is 6.54. The van der Waals surface area contributed by atoms with Gasteiger partial charge in [0.2, 0.25) is 0 Å². The van der Waals surface area contributed by atoms with E-state index in [-0.39, 0.29) is 0 Å². The molecule has 0 saturated heterocycles. The summed E-state index contributed by atoms with van der Waals surface area (Å²) in [6, 6.07) is 0. The molecular weight excluding hydrogens is 86.1 g/mol. The van der Waals surface area contributed by atoms with E-state index >= 15 is 0 Å². The SMILES string of the molecule is C1=CNCC1.CC. The topological polar surface area (TPSA) is 12.0 Å². The predicted molar refractivity (Wildman–Crippen MR) is 33.1 cm³/mol. The average Bonchev–Trinajstić information content (AvgIpc) is 2.23. The van der Waals surface area contributed by atoms with Gasteiger partial charge in [-0.15, -0.1) is 0 Å². The van der Waals surface area contributed by atoms with Gasteiger partial charge in [0, 0.05) is 6.54 Å². The van der Waals surface area contributed by atoms with Gasteiger partial charge in [-0.05, 0) is 12.6 Å². The number of nitrogens with one attached hydrogen (secondary N) is 1. The summed E-state index contributed by atoms with van der Waals surface area (Å²) in [6.45, 7) is 5.14. The molecule has 0 fully saturated rings. The van der Waals surface area contributed by atoms with Crippen LogP contribution < -0.4 is 5.32 Å². The van der Waals surface area contributed by atoms with Gasteiger partial charge in [0.15, 0.2) is 0 Å². The van der Waals surface area contributed by atoms with Crippen LogP contribution in [0.25, 0.3) is 0 Å². The van der Waals surface area contributed by atoms with Crippen LogP contribution >= 0.6 is 0 Å². The zero-order valence-electron chi connectivity index (χ0n) is 5.07. The second-order valence-electron chi connectivity index (χ2n) is 1.15. The average molecular weight is 99.2 g/mol. The second-order valence-corrected chi connectivity index (χ2v) is 1.15. The van der Waals surface area contributed by atoms with Crippen molar-refractivity contribution in [2.24, 2.45) is 0 Å². The third-order valence-electron chi connectivity index (χ3n) is 0.691. The molecule has 0 aromatic rings. The highest BCUT2D eigenvalue weighted by Gasteiger charge is 1.81. The maximum absolute atomic E-state index is 3.04. The Balaban J connectivity index is 0.000000162. The van der Waals surface area contributed by atoms with Crippen LogP contribution in [-0.2, 0) is 0 Å². The Labute approximate surface area is 45.4 Å². The van der Waals surface area contributed by atoms with Crippen molar-refractivity contribution in [3.63, 3.8) is 0 Å². The second kappa shape index (κ2) is 5.54. The lowest BCUT2D eigenvalue weighted by Crippen LogP contribution is -1.96. The van der Waals surface area contributed by atoms with E-state index in [9.17, 15) is 0 Å². The molecule has 1 heterocycles. The Morgan fingerprint density at radius 3 is 2.29 bits per heavy atom. The van der Waals surface area contributed by atoms with E-state index in [2.05, 4.69) is 11.4 Å². The van der Waals surface area contributed by atoms with Crippen molar-refractivity contribution in [2.45, 2.75) is 20.3 Å². The van der Waals surface area contributed by atoms with Crippen molar-refractivity contribution in [3.05, 3.63) is 12.3 Å². The van der Waals surface area contributed by atoms with Crippen LogP contribution in [0, 0.1) is 0 Å². The molecule has 0 spiro atoms. The molecule has 0 saturated carbocycles. The molecule has 0 radical (unpaired) electrons. The summed E-state index contributed by atoms with van der Waals surface area (Å²) >= 11 is 0. The van der Waals surface area contributed by atoms with Crippen LogP contribution in [0.15, 0.2) is 12.3 Å². The van der Waals surface area contributed by atoms with Crippen molar-refractivity contribution in [1.82, 2.24) is 5.32 Å². The Morgan fingerprint density at radius 2 is 2.14 bits per heavy atom. The smallest absolute Gasteiger partial charge is 0.0176 e. The Bertz CT molecular complexity index is 42.1. The number of hydrogen-bond donors (Lipinski definition) is 1. The molecule has 0 amide bonds. The molecular formula is C6H13N. The fraction of sp³-hybridized carbons (Fsp3) is 0.667. The summed E-state index contributed by atoms with van der Waals surface area (Å²) in [6.07, 6.45) is 5.32. The van der Waals surface area contributed by atoms with Gasteiger partial charge in [-0.25, -0.2) is 0 Å². The Morgan fingerprint density at radius 1 is 1.43 bits per heavy atom. The van der Waals surface area contributed by atoms with Crippen LogP contribution in [-0.4, -0.2) is 6.54 Å². The lowest BCUT2D eigenvalue weighted by molar-refractivity contribution is 0.917. The number of hydrogen-bond acceptors (Lipinski definition) is 1. The standard InChI is InChI=1S/C4H7N.C2H6/c1-2-4-5-3-1;1-2/h1,3,5H,2,4H2;1-2H3. The summed E-state index contributed by atoms with van der Waals surface area (Å²) < 4.78 is 0. The van der Waals surface area contributed by atoms with E-state index in [1.165, 1.54) is 6.42 Å². The van der Waals surface area contributed by atoms with Gasteiger partial charge < -0.3 is 5.32 Å². The first-order chi connectivity index (χ1) is 3.50. The molecule has 1 N–H and O–H groups in total. The van der Waals surface area contributed by atoms with Crippen LogP contribution in [0.4, 0.5) is 0 Å². The molecule has 1 nitrogen and oxygen atoms in total. The molecule has 0 unspecified atom stereocenters. The van der Waals surface area contributed by atoms with Crippen LogP contribution in [0.3, 0.4) is 0 Å². The summed E-state index contributed by atoms with van der Waals surface area (Å²) in [5.74, 6) is 0. The Kier molecular flexibility index (Phi) is 5.18. The van der Waals surface area contributed by atoms with Crippen molar-refractivity contribution >= 4 is 0 Å². The summed E-state index contributed by atoms with van der Waals surface area (Å²) in [4.78, 5) is 0. The molecule has 0 bridgehead atoms. The number of rotatable bonds is 0. The van der Waals surface area contributed by atoms with Crippen molar-refractivity contribution in [3.8, 4) is 0 Å². The molecule has 1 aliphatic rings. The minimum atomic E-state index is 1.14. The minimum Gasteiger partial charge on any atom is -0.391 e. The van der Waals surface area contributed by atoms with E-state index in [1.54, 1.807) is 0 Å². The fourth-order valence-electron chi connectivity index (χ4n) is 0.417. The zero-order valence-corrected chi connectivity index (χ0v) is 5.07. The molecule has 42 valence electrons. The van der Waals surface area contributed by atoms with Crippen molar-refractivity contribution in [1.29, 1.82) is 0 Å². The predicted octanol–water partition coefficient (Wildman–Crippen LogP) is 1.52. The highest BCUT2D eigenvalue weighted by molar-refractivity contribution is 4.86. The lowest BCUT2D eigenvalue weighted by Gasteiger charge is -1.78. The van der Waals surface area contributed by atoms with E-state index in [1.807, 2.05) is 20.0 Å². The molecule has 7 heavy (non-hydrogen) atoms. The van der Waals surface area contributed by atoms with Crippen LogP contribution in [0.1, 0.15) is 20.3 Å².